The zero-order valence-corrected chi connectivity index (χ0v) is 11.9. The summed E-state index contributed by atoms with van der Waals surface area (Å²) >= 11 is 9.28. The molecular formula is C13H9BrClF2NO. The lowest BCUT2D eigenvalue weighted by molar-refractivity contribution is 0.395. The Bertz CT molecular complexity index is 599. The molecular weight excluding hydrogens is 340 g/mol. The van der Waals surface area contributed by atoms with Gasteiger partial charge in [-0.05, 0) is 35.9 Å². The van der Waals surface area contributed by atoms with Crippen molar-refractivity contribution >= 4 is 33.2 Å². The first-order valence-electron chi connectivity index (χ1n) is 5.33. The molecule has 2 aromatic carbocycles. The molecule has 0 fully saturated rings. The minimum Gasteiger partial charge on any atom is -0.503 e. The van der Waals surface area contributed by atoms with Crippen molar-refractivity contribution in [3.8, 4) is 5.75 Å². The summed E-state index contributed by atoms with van der Waals surface area (Å²) in [6.45, 7) is 0.185. The normalized spacial score (nSPS) is 10.5. The Kier molecular flexibility index (Phi) is 4.27. The van der Waals surface area contributed by atoms with Gasteiger partial charge in [0.15, 0.2) is 17.4 Å². The first-order chi connectivity index (χ1) is 8.97. The second-order valence-electron chi connectivity index (χ2n) is 3.89. The number of hydrogen-bond donors (Lipinski definition) is 2. The van der Waals surface area contributed by atoms with E-state index in [4.69, 9.17) is 16.7 Å². The lowest BCUT2D eigenvalue weighted by Crippen LogP contribution is -2.01. The minimum atomic E-state index is -0.989. The van der Waals surface area contributed by atoms with Gasteiger partial charge in [-0.2, -0.15) is 0 Å². The third-order valence-corrected chi connectivity index (χ3v) is 3.31. The lowest BCUT2D eigenvalue weighted by atomic mass is 10.2. The monoisotopic (exact) mass is 347 g/mol. The molecule has 0 amide bonds. The van der Waals surface area contributed by atoms with Crippen LogP contribution in [0.15, 0.2) is 34.8 Å². The molecule has 0 bridgehead atoms. The molecule has 2 N–H and O–H groups in total. The Morgan fingerprint density at radius 3 is 2.42 bits per heavy atom. The third kappa shape index (κ3) is 3.36. The van der Waals surface area contributed by atoms with Crippen LogP contribution in [-0.2, 0) is 6.54 Å². The summed E-state index contributed by atoms with van der Waals surface area (Å²) in [6.07, 6.45) is 0. The van der Waals surface area contributed by atoms with Crippen LogP contribution in [0.5, 0.6) is 5.75 Å². The number of nitrogens with one attached hydrogen (secondary N) is 1. The Morgan fingerprint density at radius 2 is 1.79 bits per heavy atom. The van der Waals surface area contributed by atoms with E-state index < -0.39 is 17.4 Å². The summed E-state index contributed by atoms with van der Waals surface area (Å²) in [6, 6.07) is 7.38. The van der Waals surface area contributed by atoms with E-state index in [2.05, 4.69) is 21.2 Å². The molecule has 0 saturated heterocycles. The SMILES string of the molecule is Oc1c(F)cc(CNc2cc(Br)ccc2Cl)cc1F. The predicted molar refractivity (Wildman–Crippen MR) is 74.5 cm³/mol. The number of rotatable bonds is 3. The van der Waals surface area contributed by atoms with Gasteiger partial charge in [-0.25, -0.2) is 8.78 Å². The summed E-state index contributed by atoms with van der Waals surface area (Å²) in [5.41, 5.74) is 1.01. The Labute approximate surface area is 122 Å². The van der Waals surface area contributed by atoms with E-state index in [9.17, 15) is 8.78 Å². The number of phenols is 1. The fourth-order valence-electron chi connectivity index (χ4n) is 1.55. The van der Waals surface area contributed by atoms with Crippen LogP contribution in [0.2, 0.25) is 5.02 Å². The van der Waals surface area contributed by atoms with Crippen molar-refractivity contribution in [3.63, 3.8) is 0 Å². The molecule has 0 aliphatic carbocycles. The molecule has 0 aliphatic heterocycles. The molecule has 2 nitrogen and oxygen atoms in total. The molecule has 2 rings (SSSR count). The highest BCUT2D eigenvalue weighted by Crippen LogP contribution is 2.27. The minimum absolute atomic E-state index is 0.185. The average molecular weight is 349 g/mol. The van der Waals surface area contributed by atoms with E-state index in [-0.39, 0.29) is 6.54 Å². The van der Waals surface area contributed by atoms with Crippen LogP contribution in [0, 0.1) is 11.6 Å². The maximum atomic E-state index is 13.2. The van der Waals surface area contributed by atoms with E-state index >= 15 is 0 Å². The molecule has 0 heterocycles. The molecule has 0 unspecified atom stereocenters. The van der Waals surface area contributed by atoms with E-state index in [1.807, 2.05) is 0 Å². The van der Waals surface area contributed by atoms with E-state index in [1.165, 1.54) is 0 Å². The third-order valence-electron chi connectivity index (χ3n) is 2.49. The molecule has 6 heteroatoms. The van der Waals surface area contributed by atoms with Gasteiger partial charge >= 0.3 is 0 Å². The largest absolute Gasteiger partial charge is 0.503 e. The summed E-state index contributed by atoms with van der Waals surface area (Å²) in [7, 11) is 0. The van der Waals surface area contributed by atoms with Crippen molar-refractivity contribution in [1.29, 1.82) is 0 Å². The first kappa shape index (κ1) is 14.1. The second kappa shape index (κ2) is 5.75. The van der Waals surface area contributed by atoms with Crippen molar-refractivity contribution in [3.05, 3.63) is 57.0 Å². The van der Waals surface area contributed by atoms with Gasteiger partial charge in [0.2, 0.25) is 0 Å². The lowest BCUT2D eigenvalue weighted by Gasteiger charge is -2.10. The highest BCUT2D eigenvalue weighted by Gasteiger charge is 2.09. The molecule has 0 spiro atoms. The van der Waals surface area contributed by atoms with Gasteiger partial charge in [-0.3, -0.25) is 0 Å². The second-order valence-corrected chi connectivity index (χ2v) is 5.21. The number of aromatic hydroxyl groups is 1. The highest BCUT2D eigenvalue weighted by atomic mass is 79.9. The zero-order valence-electron chi connectivity index (χ0n) is 9.55. The van der Waals surface area contributed by atoms with Crippen molar-refractivity contribution < 1.29 is 13.9 Å². The van der Waals surface area contributed by atoms with Crippen molar-refractivity contribution in [1.82, 2.24) is 0 Å². The summed E-state index contributed by atoms with van der Waals surface area (Å²) in [5, 5.41) is 12.5. The molecule has 0 radical (unpaired) electrons. The average Bonchev–Trinajstić information content (AvgIpc) is 2.37. The number of anilines is 1. The Morgan fingerprint density at radius 1 is 1.16 bits per heavy atom. The van der Waals surface area contributed by atoms with E-state index in [0.717, 1.165) is 16.6 Å². The zero-order chi connectivity index (χ0) is 14.0. The first-order valence-corrected chi connectivity index (χ1v) is 6.50. The van der Waals surface area contributed by atoms with Gasteiger partial charge in [-0.1, -0.05) is 27.5 Å². The number of halogens is 4. The van der Waals surface area contributed by atoms with Crippen molar-refractivity contribution in [2.24, 2.45) is 0 Å². The van der Waals surface area contributed by atoms with Gasteiger partial charge in [0.05, 0.1) is 10.7 Å². The van der Waals surface area contributed by atoms with Gasteiger partial charge in [0.25, 0.3) is 0 Å². The smallest absolute Gasteiger partial charge is 0.187 e. The maximum Gasteiger partial charge on any atom is 0.187 e. The van der Waals surface area contributed by atoms with Gasteiger partial charge in [-0.15, -0.1) is 0 Å². The van der Waals surface area contributed by atoms with Gasteiger partial charge in [0, 0.05) is 11.0 Å². The summed E-state index contributed by atoms with van der Waals surface area (Å²) in [5.74, 6) is -2.95. The quantitative estimate of drug-likeness (QED) is 0.843. The fourth-order valence-corrected chi connectivity index (χ4v) is 2.10. The predicted octanol–water partition coefficient (Wildman–Crippen LogP) is 4.70. The maximum absolute atomic E-state index is 13.2. The van der Waals surface area contributed by atoms with Crippen LogP contribution in [0.25, 0.3) is 0 Å². The Hall–Kier alpha value is -1.33. The van der Waals surface area contributed by atoms with Crippen LogP contribution in [0.4, 0.5) is 14.5 Å². The standard InChI is InChI=1S/C13H9BrClF2NO/c14-8-1-2-9(15)12(5-8)18-6-7-3-10(16)13(19)11(17)4-7/h1-5,18-19H,6H2. The number of phenolic OH excluding ortho intramolecular Hbond substituents is 1. The number of benzene rings is 2. The van der Waals surface area contributed by atoms with Gasteiger partial charge in [0.1, 0.15) is 0 Å². The molecule has 0 atom stereocenters. The molecule has 0 saturated carbocycles. The topological polar surface area (TPSA) is 32.3 Å². The van der Waals surface area contributed by atoms with Crippen LogP contribution >= 0.6 is 27.5 Å². The molecule has 100 valence electrons. The fraction of sp³-hybridized carbons (Fsp3) is 0.0769. The van der Waals surface area contributed by atoms with E-state index in [1.54, 1.807) is 18.2 Å². The van der Waals surface area contributed by atoms with Crippen LogP contribution in [0.3, 0.4) is 0 Å². The van der Waals surface area contributed by atoms with Crippen molar-refractivity contribution in [2.45, 2.75) is 6.54 Å². The molecule has 19 heavy (non-hydrogen) atoms. The van der Waals surface area contributed by atoms with Crippen LogP contribution in [0.1, 0.15) is 5.56 Å². The van der Waals surface area contributed by atoms with Crippen LogP contribution in [-0.4, -0.2) is 5.11 Å². The summed E-state index contributed by atoms with van der Waals surface area (Å²) < 4.78 is 27.2. The van der Waals surface area contributed by atoms with Crippen LogP contribution < -0.4 is 5.32 Å². The number of hydrogen-bond acceptors (Lipinski definition) is 2. The van der Waals surface area contributed by atoms with Gasteiger partial charge < -0.3 is 10.4 Å². The summed E-state index contributed by atoms with van der Waals surface area (Å²) in [4.78, 5) is 0. The Balaban J connectivity index is 2.17. The van der Waals surface area contributed by atoms with E-state index in [0.29, 0.717) is 16.3 Å². The highest BCUT2D eigenvalue weighted by molar-refractivity contribution is 9.10. The molecule has 0 aromatic heterocycles. The molecule has 0 aliphatic rings. The van der Waals surface area contributed by atoms with Crippen molar-refractivity contribution in [2.75, 3.05) is 5.32 Å². The molecule has 2 aromatic rings.